The number of aliphatic hydroxyl groups is 1. The highest BCUT2D eigenvalue weighted by Crippen LogP contribution is 2.44. The lowest BCUT2D eigenvalue weighted by Crippen LogP contribution is -2.29. The summed E-state index contributed by atoms with van der Waals surface area (Å²) in [5.74, 6) is -1.72. The monoisotopic (exact) mass is 493 g/mol. The molecule has 0 spiro atoms. The summed E-state index contributed by atoms with van der Waals surface area (Å²) in [7, 11) is 1.50. The maximum Gasteiger partial charge on any atom is 0.295 e. The minimum Gasteiger partial charge on any atom is -0.507 e. The second-order valence-electron chi connectivity index (χ2n) is 9.69. The number of carbonyl (C=O) groups excluding carboxylic acids is 2. The Labute approximate surface area is 208 Å². The average Bonchev–Trinajstić information content (AvgIpc) is 3.34. The summed E-state index contributed by atoms with van der Waals surface area (Å²) < 4.78 is 19.0. The molecule has 1 atom stereocenters. The quantitative estimate of drug-likeness (QED) is 0.264. The number of hydrogen-bond donors (Lipinski definition) is 1. The van der Waals surface area contributed by atoms with Gasteiger partial charge in [0.05, 0.1) is 18.2 Å². The number of benzene rings is 2. The summed E-state index contributed by atoms with van der Waals surface area (Å²) in [4.78, 5) is 28.9. The van der Waals surface area contributed by atoms with Crippen molar-refractivity contribution in [1.82, 2.24) is 4.90 Å². The van der Waals surface area contributed by atoms with Gasteiger partial charge in [0, 0.05) is 11.4 Å². The maximum atomic E-state index is 13.4. The van der Waals surface area contributed by atoms with Gasteiger partial charge in [0.15, 0.2) is 0 Å². The second-order valence-corrected chi connectivity index (χ2v) is 10.6. The standard InChI is InChI=1S/C28H28FNO4S/c1-16-12-13-35-26(16)23-22(24(31)20-14-18(28(2,3)4)8-11-21(20)34-5)25(32)27(33)30(23)15-17-6-9-19(29)10-7-17/h6-14,23,31H,15H2,1-5H3/b24-22+. The molecule has 4 rings (SSSR count). The number of aliphatic hydroxyl groups excluding tert-OH is 1. The molecule has 0 saturated carbocycles. The Bertz CT molecular complexity index is 1320. The van der Waals surface area contributed by atoms with Crippen LogP contribution < -0.4 is 4.74 Å². The Balaban J connectivity index is 1.91. The normalized spacial score (nSPS) is 17.8. The molecular weight excluding hydrogens is 465 g/mol. The Morgan fingerprint density at radius 3 is 2.37 bits per heavy atom. The minimum absolute atomic E-state index is 0.0204. The number of Topliss-reactive ketones (excluding diaryl/α,β-unsaturated/α-hetero) is 1. The number of methoxy groups -OCH3 is 1. The van der Waals surface area contributed by atoms with Gasteiger partial charge in [-0.25, -0.2) is 4.39 Å². The Kier molecular flexibility index (Phi) is 6.56. The molecule has 2 aromatic carbocycles. The number of ketones is 1. The predicted octanol–water partition coefficient (Wildman–Crippen LogP) is 6.12. The number of likely N-dealkylation sites (tertiary alicyclic amines) is 1. The first-order chi connectivity index (χ1) is 16.5. The van der Waals surface area contributed by atoms with Crippen molar-refractivity contribution in [3.05, 3.63) is 92.4 Å². The van der Waals surface area contributed by atoms with Crippen LogP contribution in [0.3, 0.4) is 0 Å². The number of hydrogen-bond acceptors (Lipinski definition) is 5. The molecule has 2 heterocycles. The van der Waals surface area contributed by atoms with Gasteiger partial charge in [-0.1, -0.05) is 39.0 Å². The predicted molar refractivity (Wildman–Crippen MR) is 135 cm³/mol. The number of aryl methyl sites for hydroxylation is 1. The summed E-state index contributed by atoms with van der Waals surface area (Å²) in [6.07, 6.45) is 0. The molecule has 1 fully saturated rings. The first-order valence-electron chi connectivity index (χ1n) is 11.3. The lowest BCUT2D eigenvalue weighted by Gasteiger charge is -2.25. The molecule has 0 aliphatic carbocycles. The van der Waals surface area contributed by atoms with E-state index in [9.17, 15) is 19.1 Å². The third-order valence-corrected chi connectivity index (χ3v) is 7.35. The van der Waals surface area contributed by atoms with Gasteiger partial charge in [-0.15, -0.1) is 11.3 Å². The molecule has 5 nitrogen and oxygen atoms in total. The first-order valence-corrected chi connectivity index (χ1v) is 12.2. The van der Waals surface area contributed by atoms with Crippen molar-refractivity contribution in [3.8, 4) is 5.75 Å². The highest BCUT2D eigenvalue weighted by molar-refractivity contribution is 7.10. The van der Waals surface area contributed by atoms with Crippen LogP contribution in [0.4, 0.5) is 4.39 Å². The van der Waals surface area contributed by atoms with Crippen LogP contribution in [0.1, 0.15) is 53.9 Å². The van der Waals surface area contributed by atoms with E-state index in [0.717, 1.165) is 16.0 Å². The van der Waals surface area contributed by atoms with Gasteiger partial charge in [-0.2, -0.15) is 0 Å². The number of carbonyl (C=O) groups is 2. The molecule has 1 aliphatic rings. The van der Waals surface area contributed by atoms with Gasteiger partial charge in [-0.3, -0.25) is 9.59 Å². The summed E-state index contributed by atoms with van der Waals surface area (Å²) in [6, 6.07) is 12.4. The highest BCUT2D eigenvalue weighted by atomic mass is 32.1. The second kappa shape index (κ2) is 9.30. The van der Waals surface area contributed by atoms with Crippen LogP contribution in [-0.2, 0) is 21.5 Å². The van der Waals surface area contributed by atoms with E-state index in [0.29, 0.717) is 16.9 Å². The fourth-order valence-electron chi connectivity index (χ4n) is 4.27. The fraction of sp³-hybridized carbons (Fsp3) is 0.286. The van der Waals surface area contributed by atoms with E-state index in [-0.39, 0.29) is 29.1 Å². The van der Waals surface area contributed by atoms with Crippen LogP contribution in [0, 0.1) is 12.7 Å². The molecule has 3 aromatic rings. The Hall–Kier alpha value is -3.45. The van der Waals surface area contributed by atoms with Crippen molar-refractivity contribution in [2.24, 2.45) is 0 Å². The minimum atomic E-state index is -0.775. The van der Waals surface area contributed by atoms with E-state index in [1.165, 1.54) is 35.5 Å². The van der Waals surface area contributed by atoms with Crippen molar-refractivity contribution in [2.45, 2.75) is 45.7 Å². The SMILES string of the molecule is COc1ccc(C(C)(C)C)cc1/C(O)=C1\C(=O)C(=O)N(Cc2ccc(F)cc2)C1c1sccc1C. The summed E-state index contributed by atoms with van der Waals surface area (Å²) in [5, 5.41) is 13.4. The van der Waals surface area contributed by atoms with Crippen molar-refractivity contribution in [3.63, 3.8) is 0 Å². The number of thiophene rings is 1. The third-order valence-electron chi connectivity index (χ3n) is 6.28. The van der Waals surface area contributed by atoms with Crippen LogP contribution in [0.5, 0.6) is 5.75 Å². The highest BCUT2D eigenvalue weighted by Gasteiger charge is 2.47. The Morgan fingerprint density at radius 1 is 1.11 bits per heavy atom. The first kappa shape index (κ1) is 24.7. The van der Waals surface area contributed by atoms with Crippen molar-refractivity contribution in [2.75, 3.05) is 7.11 Å². The van der Waals surface area contributed by atoms with Crippen molar-refractivity contribution in [1.29, 1.82) is 0 Å². The zero-order chi connectivity index (χ0) is 25.5. The molecule has 182 valence electrons. The number of nitrogens with zero attached hydrogens (tertiary/aromatic N) is 1. The zero-order valence-corrected chi connectivity index (χ0v) is 21.2. The number of halogens is 1. The fourth-order valence-corrected chi connectivity index (χ4v) is 5.32. The molecule has 0 bridgehead atoms. The topological polar surface area (TPSA) is 66.8 Å². The van der Waals surface area contributed by atoms with Gasteiger partial charge in [-0.05, 0) is 64.7 Å². The van der Waals surface area contributed by atoms with E-state index in [1.54, 1.807) is 24.3 Å². The maximum absolute atomic E-state index is 13.4. The lowest BCUT2D eigenvalue weighted by atomic mass is 9.85. The number of ether oxygens (including phenoxy) is 1. The van der Waals surface area contributed by atoms with E-state index < -0.39 is 17.7 Å². The Morgan fingerprint density at radius 2 is 1.80 bits per heavy atom. The smallest absolute Gasteiger partial charge is 0.295 e. The summed E-state index contributed by atoms with van der Waals surface area (Å²) in [6.45, 7) is 8.16. The summed E-state index contributed by atoms with van der Waals surface area (Å²) in [5.41, 5.74) is 2.71. The molecule has 0 radical (unpaired) electrons. The molecule has 1 saturated heterocycles. The van der Waals surface area contributed by atoms with E-state index in [2.05, 4.69) is 20.8 Å². The van der Waals surface area contributed by atoms with Crippen LogP contribution in [0.15, 0.2) is 59.5 Å². The van der Waals surface area contributed by atoms with Crippen LogP contribution >= 0.6 is 11.3 Å². The molecule has 1 unspecified atom stereocenters. The van der Waals surface area contributed by atoms with Crippen molar-refractivity contribution < 1.29 is 23.8 Å². The van der Waals surface area contributed by atoms with E-state index >= 15 is 0 Å². The molecular formula is C28H28FNO4S. The van der Waals surface area contributed by atoms with Gasteiger partial charge in [0.2, 0.25) is 0 Å². The van der Waals surface area contributed by atoms with Crippen LogP contribution in [-0.4, -0.2) is 28.8 Å². The largest absolute Gasteiger partial charge is 0.507 e. The number of amides is 1. The molecule has 7 heteroatoms. The van der Waals surface area contributed by atoms with Gasteiger partial charge in [0.1, 0.15) is 23.4 Å². The molecule has 1 aliphatic heterocycles. The molecule has 1 amide bonds. The van der Waals surface area contributed by atoms with Crippen LogP contribution in [0.25, 0.3) is 5.76 Å². The van der Waals surface area contributed by atoms with Gasteiger partial charge < -0.3 is 14.7 Å². The van der Waals surface area contributed by atoms with E-state index in [4.69, 9.17) is 4.74 Å². The van der Waals surface area contributed by atoms with Gasteiger partial charge >= 0.3 is 0 Å². The van der Waals surface area contributed by atoms with Crippen LogP contribution in [0.2, 0.25) is 0 Å². The lowest BCUT2D eigenvalue weighted by molar-refractivity contribution is -0.140. The van der Waals surface area contributed by atoms with E-state index in [1.807, 2.05) is 24.4 Å². The van der Waals surface area contributed by atoms with Gasteiger partial charge in [0.25, 0.3) is 11.7 Å². The zero-order valence-electron chi connectivity index (χ0n) is 20.4. The average molecular weight is 494 g/mol. The molecule has 1 aromatic heterocycles. The third kappa shape index (κ3) is 4.60. The summed E-state index contributed by atoms with van der Waals surface area (Å²) >= 11 is 1.42. The van der Waals surface area contributed by atoms with Crippen molar-refractivity contribution >= 4 is 28.8 Å². The number of rotatable bonds is 5. The molecule has 35 heavy (non-hydrogen) atoms. The molecule has 1 N–H and O–H groups in total.